The van der Waals surface area contributed by atoms with E-state index in [9.17, 15) is 4.79 Å². The molecule has 34 heavy (non-hydrogen) atoms. The maximum Gasteiger partial charge on any atom is 0.251 e. The van der Waals surface area contributed by atoms with E-state index in [2.05, 4.69) is 37.5 Å². The molecule has 1 amide bonds. The van der Waals surface area contributed by atoms with Crippen LogP contribution in [0.5, 0.6) is 0 Å². The Morgan fingerprint density at radius 1 is 1.06 bits per heavy atom. The maximum atomic E-state index is 13.2. The second-order valence-corrected chi connectivity index (χ2v) is 9.04. The van der Waals surface area contributed by atoms with Crippen molar-refractivity contribution < 1.29 is 9.53 Å². The molecule has 0 spiro atoms. The predicted molar refractivity (Wildman–Crippen MR) is 132 cm³/mol. The summed E-state index contributed by atoms with van der Waals surface area (Å²) in [6.45, 7) is 3.15. The van der Waals surface area contributed by atoms with E-state index in [1.807, 2.05) is 54.7 Å². The second-order valence-electron chi connectivity index (χ2n) is 9.04. The molecule has 2 fully saturated rings. The molecule has 1 saturated carbocycles. The number of hydrogen-bond acceptors (Lipinski definition) is 5. The van der Waals surface area contributed by atoms with Crippen molar-refractivity contribution in [3.63, 3.8) is 0 Å². The number of benzene rings is 2. The molecule has 6 rings (SSSR count). The fraction of sp³-hybridized carbons (Fsp3) is 0.296. The van der Waals surface area contributed by atoms with Crippen molar-refractivity contribution >= 4 is 22.6 Å². The topological polar surface area (TPSA) is 83.1 Å². The molecule has 0 bridgehead atoms. The number of carbonyl (C=O) groups is 1. The third-order valence-corrected chi connectivity index (χ3v) is 6.72. The molecule has 7 heteroatoms. The summed E-state index contributed by atoms with van der Waals surface area (Å²) in [6, 6.07) is 20.1. The molecule has 2 aromatic carbocycles. The highest BCUT2D eigenvalue weighted by Gasteiger charge is 2.33. The second kappa shape index (κ2) is 8.91. The molecule has 4 aromatic rings. The van der Waals surface area contributed by atoms with Crippen molar-refractivity contribution in [1.82, 2.24) is 20.5 Å². The average Bonchev–Trinajstić information content (AvgIpc) is 3.66. The van der Waals surface area contributed by atoms with Crippen LogP contribution >= 0.6 is 0 Å². The first kappa shape index (κ1) is 20.9. The van der Waals surface area contributed by atoms with Crippen LogP contribution in [-0.4, -0.2) is 47.4 Å². The highest BCUT2D eigenvalue weighted by Crippen LogP contribution is 2.41. The monoisotopic (exact) mass is 453 g/mol. The van der Waals surface area contributed by atoms with Crippen LogP contribution in [-0.2, 0) is 4.74 Å². The Hall–Kier alpha value is -3.71. The highest BCUT2D eigenvalue weighted by atomic mass is 16.5. The Bertz CT molecular complexity index is 1290. The summed E-state index contributed by atoms with van der Waals surface area (Å²) in [4.78, 5) is 20.1. The minimum atomic E-state index is -0.0596. The SMILES string of the molecule is O=C(NC(c1ccccc1)C1CC1)c1ccc2[nH]nc(-c3ccc(N4CCOCC4)nc3)c2c1. The van der Waals surface area contributed by atoms with Gasteiger partial charge in [-0.15, -0.1) is 0 Å². The molecule has 1 unspecified atom stereocenters. The lowest BCUT2D eigenvalue weighted by Crippen LogP contribution is -2.36. The van der Waals surface area contributed by atoms with Crippen LogP contribution in [0.4, 0.5) is 5.82 Å². The van der Waals surface area contributed by atoms with E-state index in [0.29, 0.717) is 11.5 Å². The summed E-state index contributed by atoms with van der Waals surface area (Å²) in [6.07, 6.45) is 4.15. The van der Waals surface area contributed by atoms with Crippen LogP contribution in [0, 0.1) is 5.92 Å². The minimum absolute atomic E-state index is 0.0464. The van der Waals surface area contributed by atoms with E-state index in [1.165, 1.54) is 0 Å². The van der Waals surface area contributed by atoms with E-state index in [4.69, 9.17) is 4.74 Å². The van der Waals surface area contributed by atoms with Crippen molar-refractivity contribution in [2.45, 2.75) is 18.9 Å². The van der Waals surface area contributed by atoms with Gasteiger partial charge in [-0.05, 0) is 54.7 Å². The van der Waals surface area contributed by atoms with Crippen molar-refractivity contribution in [3.05, 3.63) is 78.0 Å². The van der Waals surface area contributed by atoms with Gasteiger partial charge in [0.1, 0.15) is 11.5 Å². The van der Waals surface area contributed by atoms with Crippen LogP contribution in [0.2, 0.25) is 0 Å². The van der Waals surface area contributed by atoms with Gasteiger partial charge >= 0.3 is 0 Å². The van der Waals surface area contributed by atoms with Crippen molar-refractivity contribution in [3.8, 4) is 11.3 Å². The van der Waals surface area contributed by atoms with Crippen molar-refractivity contribution in [1.29, 1.82) is 0 Å². The standard InChI is InChI=1S/C27H27N5O2/c33-27(29-25(19-6-7-19)18-4-2-1-3-5-18)20-8-10-23-22(16-20)26(31-30-23)21-9-11-24(28-17-21)32-12-14-34-15-13-32/h1-5,8-11,16-17,19,25H,6-7,12-15H2,(H,29,33)(H,30,31). The van der Waals surface area contributed by atoms with Gasteiger partial charge in [-0.1, -0.05) is 30.3 Å². The van der Waals surface area contributed by atoms with E-state index in [-0.39, 0.29) is 11.9 Å². The summed E-state index contributed by atoms with van der Waals surface area (Å²) < 4.78 is 5.43. The number of fused-ring (bicyclic) bond motifs is 1. The summed E-state index contributed by atoms with van der Waals surface area (Å²) in [5, 5.41) is 11.8. The molecular weight excluding hydrogens is 426 g/mol. The van der Waals surface area contributed by atoms with Crippen LogP contribution in [0.15, 0.2) is 66.9 Å². The first-order valence-electron chi connectivity index (χ1n) is 11.9. The van der Waals surface area contributed by atoms with E-state index in [0.717, 1.165) is 72.7 Å². The van der Waals surface area contributed by atoms with Crippen LogP contribution < -0.4 is 10.2 Å². The Kier molecular flexibility index (Phi) is 5.47. The largest absolute Gasteiger partial charge is 0.378 e. The fourth-order valence-electron chi connectivity index (χ4n) is 4.67. The molecule has 2 aromatic heterocycles. The lowest BCUT2D eigenvalue weighted by Gasteiger charge is -2.27. The number of nitrogens with zero attached hydrogens (tertiary/aromatic N) is 3. The Morgan fingerprint density at radius 2 is 1.88 bits per heavy atom. The third-order valence-electron chi connectivity index (χ3n) is 6.72. The van der Waals surface area contributed by atoms with Crippen molar-refractivity contribution in [2.75, 3.05) is 31.2 Å². The molecule has 7 nitrogen and oxygen atoms in total. The number of aromatic nitrogens is 3. The van der Waals surface area contributed by atoms with E-state index >= 15 is 0 Å². The fourth-order valence-corrected chi connectivity index (χ4v) is 4.67. The zero-order valence-electron chi connectivity index (χ0n) is 18.9. The van der Waals surface area contributed by atoms with Crippen LogP contribution in [0.3, 0.4) is 0 Å². The first-order valence-corrected chi connectivity index (χ1v) is 11.9. The van der Waals surface area contributed by atoms with E-state index in [1.54, 1.807) is 0 Å². The van der Waals surface area contributed by atoms with Gasteiger partial charge in [0, 0.05) is 35.8 Å². The molecule has 3 heterocycles. The predicted octanol–water partition coefficient (Wildman–Crippen LogP) is 4.34. The van der Waals surface area contributed by atoms with Gasteiger partial charge in [-0.3, -0.25) is 9.89 Å². The number of carbonyl (C=O) groups excluding carboxylic acids is 1. The van der Waals surface area contributed by atoms with Gasteiger partial charge in [-0.25, -0.2) is 4.98 Å². The number of rotatable bonds is 6. The Balaban J connectivity index is 1.25. The van der Waals surface area contributed by atoms with Gasteiger partial charge in [0.15, 0.2) is 0 Å². The van der Waals surface area contributed by atoms with E-state index < -0.39 is 0 Å². The molecule has 1 atom stereocenters. The first-order chi connectivity index (χ1) is 16.8. The smallest absolute Gasteiger partial charge is 0.251 e. The lowest BCUT2D eigenvalue weighted by molar-refractivity contribution is 0.0932. The number of morpholine rings is 1. The van der Waals surface area contributed by atoms with Crippen LogP contribution in [0.25, 0.3) is 22.2 Å². The molecule has 1 saturated heterocycles. The number of nitrogens with one attached hydrogen (secondary N) is 2. The lowest BCUT2D eigenvalue weighted by atomic mass is 10.0. The number of aromatic amines is 1. The number of amides is 1. The van der Waals surface area contributed by atoms with Gasteiger partial charge in [-0.2, -0.15) is 5.10 Å². The van der Waals surface area contributed by atoms with Crippen molar-refractivity contribution in [2.24, 2.45) is 5.92 Å². The van der Waals surface area contributed by atoms with Gasteiger partial charge in [0.25, 0.3) is 5.91 Å². The van der Waals surface area contributed by atoms with Crippen LogP contribution in [0.1, 0.15) is 34.8 Å². The molecule has 1 aliphatic heterocycles. The summed E-state index contributed by atoms with van der Waals surface area (Å²) in [7, 11) is 0. The number of hydrogen-bond donors (Lipinski definition) is 2. The molecular formula is C27H27N5O2. The molecule has 2 N–H and O–H groups in total. The Labute approximate surface area is 198 Å². The van der Waals surface area contributed by atoms with Gasteiger partial charge in [0.05, 0.1) is 24.8 Å². The highest BCUT2D eigenvalue weighted by molar-refractivity contribution is 6.01. The number of H-pyrrole nitrogens is 1. The minimum Gasteiger partial charge on any atom is -0.378 e. The number of pyridine rings is 1. The summed E-state index contributed by atoms with van der Waals surface area (Å²) in [5.74, 6) is 1.39. The zero-order chi connectivity index (χ0) is 22.9. The third kappa shape index (κ3) is 4.15. The summed E-state index contributed by atoms with van der Waals surface area (Å²) in [5.41, 5.74) is 4.41. The normalized spacial score (nSPS) is 17.0. The maximum absolute atomic E-state index is 13.2. The quantitative estimate of drug-likeness (QED) is 0.454. The molecule has 0 radical (unpaired) electrons. The number of anilines is 1. The Morgan fingerprint density at radius 3 is 2.62 bits per heavy atom. The van der Waals surface area contributed by atoms with Gasteiger partial charge < -0.3 is 15.0 Å². The average molecular weight is 454 g/mol. The molecule has 2 aliphatic rings. The zero-order valence-corrected chi connectivity index (χ0v) is 18.9. The van der Waals surface area contributed by atoms with Gasteiger partial charge in [0.2, 0.25) is 0 Å². The molecule has 1 aliphatic carbocycles. The number of ether oxygens (including phenoxy) is 1. The molecule has 172 valence electrons. The summed E-state index contributed by atoms with van der Waals surface area (Å²) >= 11 is 0.